The van der Waals surface area contributed by atoms with Gasteiger partial charge in [-0.15, -0.1) is 0 Å². The van der Waals surface area contributed by atoms with E-state index in [1.807, 2.05) is 0 Å². The quantitative estimate of drug-likeness (QED) is 0.726. The fraction of sp³-hybridized carbons (Fsp3) is 0.375. The summed E-state index contributed by atoms with van der Waals surface area (Å²) in [4.78, 5) is 13.1. The molecule has 78 valence electrons. The average molecular weight is 206 g/mol. The number of H-pyrrole nitrogens is 1. The van der Waals surface area contributed by atoms with Crippen LogP contribution in [0.25, 0.3) is 0 Å². The molecule has 1 heterocycles. The summed E-state index contributed by atoms with van der Waals surface area (Å²) in [6.07, 6.45) is -3.52. The van der Waals surface area contributed by atoms with Crippen LogP contribution in [-0.4, -0.2) is 11.2 Å². The molecule has 1 rings (SSSR count). The number of nitrogens with two attached hydrogens (primary N) is 1. The number of hydrogen-bond donors (Lipinski definition) is 2. The minimum atomic E-state index is -4.50. The Labute approximate surface area is 77.7 Å². The maximum atomic E-state index is 12.2. The maximum absolute atomic E-state index is 12.2. The Bertz CT molecular complexity index is 383. The van der Waals surface area contributed by atoms with Crippen molar-refractivity contribution in [2.24, 2.45) is 5.73 Å². The lowest BCUT2D eigenvalue weighted by Gasteiger charge is -2.15. The van der Waals surface area contributed by atoms with E-state index in [4.69, 9.17) is 5.73 Å². The van der Waals surface area contributed by atoms with Gasteiger partial charge >= 0.3 is 6.18 Å². The highest BCUT2D eigenvalue weighted by Gasteiger charge is 2.37. The van der Waals surface area contributed by atoms with E-state index < -0.39 is 17.8 Å². The molecule has 0 aliphatic carbocycles. The molecule has 1 aromatic heterocycles. The molecule has 3 nitrogen and oxygen atoms in total. The first kappa shape index (κ1) is 10.8. The number of halogens is 3. The van der Waals surface area contributed by atoms with Crippen molar-refractivity contribution in [1.29, 1.82) is 0 Å². The van der Waals surface area contributed by atoms with Gasteiger partial charge in [-0.2, -0.15) is 13.2 Å². The van der Waals surface area contributed by atoms with Gasteiger partial charge in [-0.1, -0.05) is 0 Å². The lowest BCUT2D eigenvalue weighted by atomic mass is 10.1. The fourth-order valence-electron chi connectivity index (χ4n) is 0.988. The van der Waals surface area contributed by atoms with E-state index in [-0.39, 0.29) is 11.1 Å². The van der Waals surface area contributed by atoms with Crippen LogP contribution in [0.4, 0.5) is 13.2 Å². The van der Waals surface area contributed by atoms with Crippen molar-refractivity contribution >= 4 is 0 Å². The highest BCUT2D eigenvalue weighted by Crippen LogP contribution is 2.29. The Morgan fingerprint density at radius 1 is 1.50 bits per heavy atom. The van der Waals surface area contributed by atoms with E-state index in [2.05, 4.69) is 4.98 Å². The zero-order valence-electron chi connectivity index (χ0n) is 7.35. The van der Waals surface area contributed by atoms with Gasteiger partial charge in [0, 0.05) is 11.8 Å². The van der Waals surface area contributed by atoms with Gasteiger partial charge in [0.2, 0.25) is 0 Å². The number of aromatic nitrogens is 1. The van der Waals surface area contributed by atoms with Crippen molar-refractivity contribution in [2.45, 2.75) is 19.1 Å². The van der Waals surface area contributed by atoms with Crippen LogP contribution in [0.1, 0.15) is 17.2 Å². The molecule has 0 radical (unpaired) electrons. The summed E-state index contributed by atoms with van der Waals surface area (Å²) in [5.74, 6) is 0. The number of aromatic amines is 1. The lowest BCUT2D eigenvalue weighted by molar-refractivity contribution is -0.149. The van der Waals surface area contributed by atoms with Crippen LogP contribution in [0, 0.1) is 6.92 Å². The van der Waals surface area contributed by atoms with Crippen molar-refractivity contribution in [1.82, 2.24) is 4.98 Å². The molecule has 1 aromatic rings. The Balaban J connectivity index is 3.09. The zero-order valence-corrected chi connectivity index (χ0v) is 7.35. The summed E-state index contributed by atoms with van der Waals surface area (Å²) in [7, 11) is 0. The highest BCUT2D eigenvalue weighted by atomic mass is 19.4. The largest absolute Gasteiger partial charge is 0.407 e. The average Bonchev–Trinajstić information content (AvgIpc) is 2.07. The van der Waals surface area contributed by atoms with Crippen molar-refractivity contribution in [3.05, 3.63) is 33.7 Å². The number of alkyl halides is 3. The number of rotatable bonds is 1. The molecule has 6 heteroatoms. The third-order valence-electron chi connectivity index (χ3n) is 1.82. The summed E-state index contributed by atoms with van der Waals surface area (Å²) in [6.45, 7) is 1.42. The molecule has 3 N–H and O–H groups in total. The first-order valence-corrected chi connectivity index (χ1v) is 3.84. The van der Waals surface area contributed by atoms with Crippen LogP contribution < -0.4 is 11.3 Å². The lowest BCUT2D eigenvalue weighted by Crippen LogP contribution is -2.29. The van der Waals surface area contributed by atoms with Crippen molar-refractivity contribution in [2.75, 3.05) is 0 Å². The van der Waals surface area contributed by atoms with Gasteiger partial charge < -0.3 is 10.7 Å². The van der Waals surface area contributed by atoms with Gasteiger partial charge in [-0.25, -0.2) is 0 Å². The normalized spacial score (nSPS) is 14.1. The zero-order chi connectivity index (χ0) is 10.9. The number of aryl methyl sites for hydroxylation is 1. The summed E-state index contributed by atoms with van der Waals surface area (Å²) >= 11 is 0. The van der Waals surface area contributed by atoms with Crippen LogP contribution in [0.5, 0.6) is 0 Å². The van der Waals surface area contributed by atoms with Crippen molar-refractivity contribution in [3.63, 3.8) is 0 Å². The molecule has 0 aliphatic heterocycles. The topological polar surface area (TPSA) is 58.9 Å². The second-order valence-corrected chi connectivity index (χ2v) is 2.96. The SMILES string of the molecule is Cc1cc(C(N)C(F)(F)F)c[nH]c1=O. The summed E-state index contributed by atoms with van der Waals surface area (Å²) < 4.78 is 36.5. The summed E-state index contributed by atoms with van der Waals surface area (Å²) in [6, 6.07) is -0.921. The third kappa shape index (κ3) is 2.14. The van der Waals surface area contributed by atoms with Crippen LogP contribution in [-0.2, 0) is 0 Å². The van der Waals surface area contributed by atoms with Crippen LogP contribution >= 0.6 is 0 Å². The fourth-order valence-corrected chi connectivity index (χ4v) is 0.988. The molecule has 1 atom stereocenters. The molecule has 0 aliphatic rings. The molecule has 0 saturated heterocycles. The minimum Gasteiger partial charge on any atom is -0.329 e. The minimum absolute atomic E-state index is 0.144. The van der Waals surface area contributed by atoms with Crippen LogP contribution in [0.3, 0.4) is 0 Å². The Morgan fingerprint density at radius 3 is 2.50 bits per heavy atom. The first-order valence-electron chi connectivity index (χ1n) is 3.84. The molecule has 0 fully saturated rings. The van der Waals surface area contributed by atoms with E-state index >= 15 is 0 Å². The smallest absolute Gasteiger partial charge is 0.329 e. The van der Waals surface area contributed by atoms with Gasteiger partial charge in [0.15, 0.2) is 0 Å². The van der Waals surface area contributed by atoms with E-state index in [9.17, 15) is 18.0 Å². The van der Waals surface area contributed by atoms with Crippen molar-refractivity contribution in [3.8, 4) is 0 Å². The predicted octanol–water partition coefficient (Wildman–Crippen LogP) is 1.25. The molecule has 1 unspecified atom stereocenters. The monoisotopic (exact) mass is 206 g/mol. The van der Waals surface area contributed by atoms with Crippen LogP contribution in [0.15, 0.2) is 17.1 Å². The summed E-state index contributed by atoms with van der Waals surface area (Å²) in [5.41, 5.74) is 4.60. The molecule has 0 saturated carbocycles. The number of hydrogen-bond acceptors (Lipinski definition) is 2. The molecule has 0 bridgehead atoms. The second kappa shape index (κ2) is 3.45. The third-order valence-corrected chi connectivity index (χ3v) is 1.82. The van der Waals surface area contributed by atoms with E-state index in [0.29, 0.717) is 0 Å². The summed E-state index contributed by atoms with van der Waals surface area (Å²) in [5, 5.41) is 0. The molecule has 0 amide bonds. The van der Waals surface area contributed by atoms with E-state index in [1.54, 1.807) is 0 Å². The van der Waals surface area contributed by atoms with Crippen molar-refractivity contribution < 1.29 is 13.2 Å². The van der Waals surface area contributed by atoms with Gasteiger partial charge in [0.05, 0.1) is 0 Å². The molecule has 0 spiro atoms. The van der Waals surface area contributed by atoms with E-state index in [0.717, 1.165) is 12.3 Å². The predicted molar refractivity (Wildman–Crippen MR) is 44.8 cm³/mol. The number of nitrogens with one attached hydrogen (secondary N) is 1. The Kier molecular flexibility index (Phi) is 2.66. The molecule has 14 heavy (non-hydrogen) atoms. The second-order valence-electron chi connectivity index (χ2n) is 2.96. The molecular formula is C8H9F3N2O. The highest BCUT2D eigenvalue weighted by molar-refractivity contribution is 5.21. The first-order chi connectivity index (χ1) is 6.32. The number of pyridine rings is 1. The Hall–Kier alpha value is -1.30. The van der Waals surface area contributed by atoms with E-state index in [1.165, 1.54) is 6.92 Å². The Morgan fingerprint density at radius 2 is 2.07 bits per heavy atom. The molecule has 0 aromatic carbocycles. The van der Waals surface area contributed by atoms with Gasteiger partial charge in [0.1, 0.15) is 6.04 Å². The van der Waals surface area contributed by atoms with Gasteiger partial charge in [-0.3, -0.25) is 4.79 Å². The van der Waals surface area contributed by atoms with Crippen LogP contribution in [0.2, 0.25) is 0 Å². The maximum Gasteiger partial charge on any atom is 0.407 e. The van der Waals surface area contributed by atoms with Gasteiger partial charge in [0.25, 0.3) is 5.56 Å². The standard InChI is InChI=1S/C8H9F3N2O/c1-4-2-5(3-13-7(4)14)6(12)8(9,10)11/h2-3,6H,12H2,1H3,(H,13,14). The molecular weight excluding hydrogens is 197 g/mol. The van der Waals surface area contributed by atoms with Gasteiger partial charge in [-0.05, 0) is 18.6 Å².